The van der Waals surface area contributed by atoms with Gasteiger partial charge in [0.1, 0.15) is 0 Å². The number of hydrogen-bond donors (Lipinski definition) is 2. The Labute approximate surface area is 70.3 Å². The molecule has 12 heavy (non-hydrogen) atoms. The lowest BCUT2D eigenvalue weighted by Crippen LogP contribution is -2.28. The summed E-state index contributed by atoms with van der Waals surface area (Å²) in [4.78, 5) is 13.9. The lowest BCUT2D eigenvalue weighted by molar-refractivity contribution is -0.110. The Morgan fingerprint density at radius 2 is 2.42 bits per heavy atom. The first-order valence-electron chi connectivity index (χ1n) is 3.40. The smallest absolute Gasteiger partial charge is 0.225 e. The number of amides is 1. The second kappa shape index (κ2) is 4.12. The summed E-state index contributed by atoms with van der Waals surface area (Å²) in [6.07, 6.45) is 2.19. The van der Waals surface area contributed by atoms with Crippen molar-refractivity contribution in [3.05, 3.63) is 36.7 Å². The minimum absolute atomic E-state index is 0.536. The molecule has 4 heteroatoms. The number of nitrogens with zero attached hydrogens (tertiary/aromatic N) is 1. The molecule has 2 N–H and O–H groups in total. The van der Waals surface area contributed by atoms with Crippen molar-refractivity contribution in [1.82, 2.24) is 15.8 Å². The van der Waals surface area contributed by atoms with Crippen molar-refractivity contribution >= 4 is 12.1 Å². The standard InChI is InChI=1S/C8H9N3O/c1-7(11-10-6-12)8-4-2-3-5-9-8/h2-6,11H,1H2,(H,10,12). The van der Waals surface area contributed by atoms with Crippen molar-refractivity contribution in [2.45, 2.75) is 0 Å². The third-order valence-corrected chi connectivity index (χ3v) is 1.26. The maximum Gasteiger partial charge on any atom is 0.225 e. The zero-order valence-electron chi connectivity index (χ0n) is 6.45. The molecule has 0 aromatic carbocycles. The first-order chi connectivity index (χ1) is 5.84. The van der Waals surface area contributed by atoms with Crippen LogP contribution < -0.4 is 10.9 Å². The van der Waals surface area contributed by atoms with Gasteiger partial charge in [0, 0.05) is 6.20 Å². The minimum atomic E-state index is 0.536. The largest absolute Gasteiger partial charge is 0.297 e. The summed E-state index contributed by atoms with van der Waals surface area (Å²) < 4.78 is 0. The molecule has 62 valence electrons. The summed E-state index contributed by atoms with van der Waals surface area (Å²) in [5.41, 5.74) is 6.11. The zero-order chi connectivity index (χ0) is 8.81. The Hall–Kier alpha value is -1.84. The molecule has 0 aliphatic rings. The van der Waals surface area contributed by atoms with Crippen molar-refractivity contribution in [3.8, 4) is 0 Å². The fourth-order valence-electron chi connectivity index (χ4n) is 0.722. The molecule has 4 nitrogen and oxygen atoms in total. The molecule has 0 bridgehead atoms. The topological polar surface area (TPSA) is 54.0 Å². The van der Waals surface area contributed by atoms with E-state index in [1.54, 1.807) is 12.3 Å². The molecular formula is C8H9N3O. The fraction of sp³-hybridized carbons (Fsp3) is 0. The van der Waals surface area contributed by atoms with Crippen LogP contribution in [0.15, 0.2) is 31.0 Å². The van der Waals surface area contributed by atoms with E-state index in [1.165, 1.54) is 0 Å². The van der Waals surface area contributed by atoms with E-state index in [4.69, 9.17) is 0 Å². The SMILES string of the molecule is C=C(NNC=O)c1ccccn1. The van der Waals surface area contributed by atoms with Gasteiger partial charge >= 0.3 is 0 Å². The zero-order valence-corrected chi connectivity index (χ0v) is 6.45. The van der Waals surface area contributed by atoms with Crippen molar-refractivity contribution < 1.29 is 4.79 Å². The predicted octanol–water partition coefficient (Wildman–Crippen LogP) is 0.303. The van der Waals surface area contributed by atoms with Gasteiger partial charge in [0.2, 0.25) is 6.41 Å². The maximum absolute atomic E-state index is 9.91. The average Bonchev–Trinajstić information content (AvgIpc) is 2.15. The lowest BCUT2D eigenvalue weighted by atomic mass is 10.3. The van der Waals surface area contributed by atoms with Crippen LogP contribution in [-0.2, 0) is 4.79 Å². The van der Waals surface area contributed by atoms with E-state index in [0.717, 1.165) is 0 Å². The molecule has 0 saturated heterocycles. The number of pyridine rings is 1. The summed E-state index contributed by atoms with van der Waals surface area (Å²) >= 11 is 0. The third-order valence-electron chi connectivity index (χ3n) is 1.26. The van der Waals surface area contributed by atoms with Crippen LogP contribution in [-0.4, -0.2) is 11.4 Å². The van der Waals surface area contributed by atoms with Crippen LogP contribution in [0.1, 0.15) is 5.69 Å². The van der Waals surface area contributed by atoms with Crippen molar-refractivity contribution in [1.29, 1.82) is 0 Å². The molecule has 1 amide bonds. The molecule has 0 spiro atoms. The molecule has 0 fully saturated rings. The first-order valence-corrected chi connectivity index (χ1v) is 3.40. The lowest BCUT2D eigenvalue weighted by Gasteiger charge is -2.05. The number of carbonyl (C=O) groups is 1. The molecule has 0 aliphatic heterocycles. The molecule has 0 unspecified atom stereocenters. The van der Waals surface area contributed by atoms with Crippen LogP contribution in [0.2, 0.25) is 0 Å². The summed E-state index contributed by atoms with van der Waals surface area (Å²) in [5, 5.41) is 0. The highest BCUT2D eigenvalue weighted by atomic mass is 16.1. The normalized spacial score (nSPS) is 8.67. The van der Waals surface area contributed by atoms with Gasteiger partial charge in [0.05, 0.1) is 11.4 Å². The molecular weight excluding hydrogens is 154 g/mol. The Kier molecular flexibility index (Phi) is 2.84. The van der Waals surface area contributed by atoms with Crippen molar-refractivity contribution in [2.75, 3.05) is 0 Å². The van der Waals surface area contributed by atoms with Crippen LogP contribution in [0.5, 0.6) is 0 Å². The Bertz CT molecular complexity index is 271. The van der Waals surface area contributed by atoms with Gasteiger partial charge in [-0.15, -0.1) is 0 Å². The van der Waals surface area contributed by atoms with Gasteiger partial charge in [-0.25, -0.2) is 0 Å². The van der Waals surface area contributed by atoms with Gasteiger partial charge in [-0.1, -0.05) is 12.6 Å². The second-order valence-electron chi connectivity index (χ2n) is 2.08. The van der Waals surface area contributed by atoms with Crippen molar-refractivity contribution in [3.63, 3.8) is 0 Å². The quantitative estimate of drug-likeness (QED) is 0.496. The average molecular weight is 163 g/mol. The summed E-state index contributed by atoms with van der Waals surface area (Å²) in [6.45, 7) is 3.67. The molecule has 0 radical (unpaired) electrons. The minimum Gasteiger partial charge on any atom is -0.297 e. The molecule has 0 saturated carbocycles. The molecule has 1 rings (SSSR count). The van der Waals surface area contributed by atoms with E-state index in [1.807, 2.05) is 12.1 Å². The highest BCUT2D eigenvalue weighted by molar-refractivity contribution is 5.59. The van der Waals surface area contributed by atoms with E-state index in [0.29, 0.717) is 17.8 Å². The summed E-state index contributed by atoms with van der Waals surface area (Å²) in [6, 6.07) is 5.45. The Morgan fingerprint density at radius 1 is 1.58 bits per heavy atom. The van der Waals surface area contributed by atoms with Gasteiger partial charge in [-0.05, 0) is 12.1 Å². The van der Waals surface area contributed by atoms with Gasteiger partial charge in [-0.2, -0.15) is 0 Å². The van der Waals surface area contributed by atoms with Crippen LogP contribution in [0.4, 0.5) is 0 Å². The number of hydrazine groups is 1. The van der Waals surface area contributed by atoms with Gasteiger partial charge in [0.15, 0.2) is 0 Å². The second-order valence-corrected chi connectivity index (χ2v) is 2.08. The van der Waals surface area contributed by atoms with Crippen LogP contribution in [0.3, 0.4) is 0 Å². The van der Waals surface area contributed by atoms with Crippen LogP contribution in [0.25, 0.3) is 5.70 Å². The molecule has 1 aromatic rings. The van der Waals surface area contributed by atoms with E-state index in [9.17, 15) is 4.79 Å². The van der Waals surface area contributed by atoms with E-state index >= 15 is 0 Å². The predicted molar refractivity (Wildman–Crippen MR) is 45.6 cm³/mol. The summed E-state index contributed by atoms with van der Waals surface area (Å²) in [7, 11) is 0. The highest BCUT2D eigenvalue weighted by Crippen LogP contribution is 2.01. The van der Waals surface area contributed by atoms with Crippen LogP contribution >= 0.6 is 0 Å². The molecule has 0 atom stereocenters. The highest BCUT2D eigenvalue weighted by Gasteiger charge is 1.95. The number of aromatic nitrogens is 1. The molecule has 0 aliphatic carbocycles. The maximum atomic E-state index is 9.91. The summed E-state index contributed by atoms with van der Waals surface area (Å²) in [5.74, 6) is 0. The van der Waals surface area contributed by atoms with E-state index in [-0.39, 0.29) is 0 Å². The van der Waals surface area contributed by atoms with Gasteiger partial charge in [-0.3, -0.25) is 20.6 Å². The third kappa shape index (κ3) is 2.09. The van der Waals surface area contributed by atoms with E-state index < -0.39 is 0 Å². The Balaban J connectivity index is 2.59. The molecule has 1 aromatic heterocycles. The fourth-order valence-corrected chi connectivity index (χ4v) is 0.722. The van der Waals surface area contributed by atoms with E-state index in [2.05, 4.69) is 22.4 Å². The van der Waals surface area contributed by atoms with Crippen molar-refractivity contribution in [2.24, 2.45) is 0 Å². The van der Waals surface area contributed by atoms with Crippen LogP contribution in [0, 0.1) is 0 Å². The van der Waals surface area contributed by atoms with Gasteiger partial charge in [0.25, 0.3) is 0 Å². The number of carbonyl (C=O) groups excluding carboxylic acids is 1. The number of hydrogen-bond acceptors (Lipinski definition) is 3. The van der Waals surface area contributed by atoms with Gasteiger partial charge < -0.3 is 0 Å². The first kappa shape index (κ1) is 8.26. The molecule has 1 heterocycles. The number of rotatable bonds is 4. The monoisotopic (exact) mass is 163 g/mol. The Morgan fingerprint density at radius 3 is 3.00 bits per heavy atom. The number of nitrogens with one attached hydrogen (secondary N) is 2.